The summed E-state index contributed by atoms with van der Waals surface area (Å²) >= 11 is 0. The van der Waals surface area contributed by atoms with Gasteiger partial charge in [0.2, 0.25) is 0 Å². The first-order valence-corrected chi connectivity index (χ1v) is 4.97. The maximum Gasteiger partial charge on any atom is 0.313 e. The van der Waals surface area contributed by atoms with E-state index in [0.717, 1.165) is 16.9 Å². The van der Waals surface area contributed by atoms with Gasteiger partial charge in [0, 0.05) is 0 Å². The molecule has 1 heterocycles. The second-order valence-corrected chi connectivity index (χ2v) is 4.44. The highest BCUT2D eigenvalue weighted by atomic mass is 16.5. The van der Waals surface area contributed by atoms with E-state index in [1.807, 2.05) is 25.1 Å². The number of ether oxygens (including phenoxy) is 1. The summed E-state index contributed by atoms with van der Waals surface area (Å²) < 4.78 is 5.50. The molecular formula is C12H14O3. The van der Waals surface area contributed by atoms with Crippen molar-refractivity contribution >= 4 is 5.97 Å². The van der Waals surface area contributed by atoms with Gasteiger partial charge in [0.25, 0.3) is 0 Å². The third kappa shape index (κ3) is 1.69. The van der Waals surface area contributed by atoms with Crippen LogP contribution in [-0.4, -0.2) is 17.7 Å². The molecule has 0 radical (unpaired) electrons. The lowest BCUT2D eigenvalue weighted by Crippen LogP contribution is -2.39. The molecule has 1 aromatic carbocycles. The quantitative estimate of drug-likeness (QED) is 0.764. The fourth-order valence-electron chi connectivity index (χ4n) is 1.79. The molecule has 15 heavy (non-hydrogen) atoms. The molecule has 1 aliphatic heterocycles. The number of rotatable bonds is 1. The maximum absolute atomic E-state index is 11.1. The summed E-state index contributed by atoms with van der Waals surface area (Å²) in [4.78, 5) is 11.1. The van der Waals surface area contributed by atoms with Gasteiger partial charge in [-0.1, -0.05) is 12.1 Å². The summed E-state index contributed by atoms with van der Waals surface area (Å²) in [5, 5.41) is 9.10. The first-order valence-electron chi connectivity index (χ1n) is 4.97. The lowest BCUT2D eigenvalue weighted by Gasteiger charge is -2.31. The molecule has 3 heteroatoms. The highest BCUT2D eigenvalue weighted by Crippen LogP contribution is 2.34. The first kappa shape index (κ1) is 10.0. The van der Waals surface area contributed by atoms with Crippen molar-refractivity contribution in [3.05, 3.63) is 29.3 Å². The molecule has 3 nitrogen and oxygen atoms in total. The number of hydrogen-bond donors (Lipinski definition) is 1. The largest absolute Gasteiger partial charge is 0.492 e. The van der Waals surface area contributed by atoms with E-state index in [1.165, 1.54) is 0 Å². The van der Waals surface area contributed by atoms with Crippen molar-refractivity contribution in [1.29, 1.82) is 0 Å². The molecule has 1 aliphatic rings. The number of carboxylic acid groups (broad SMARTS) is 1. The Morgan fingerprint density at radius 2 is 2.27 bits per heavy atom. The van der Waals surface area contributed by atoms with E-state index in [-0.39, 0.29) is 6.61 Å². The number of hydrogen-bond acceptors (Lipinski definition) is 2. The predicted octanol–water partition coefficient (Wildman–Crippen LogP) is 2.02. The second-order valence-electron chi connectivity index (χ2n) is 4.44. The molecule has 0 saturated carbocycles. The van der Waals surface area contributed by atoms with Crippen LogP contribution < -0.4 is 4.74 Å². The molecule has 1 atom stereocenters. The van der Waals surface area contributed by atoms with Crippen molar-refractivity contribution in [1.82, 2.24) is 0 Å². The lowest BCUT2D eigenvalue weighted by atomic mass is 9.82. The number of carbonyl (C=O) groups is 1. The highest BCUT2D eigenvalue weighted by Gasteiger charge is 2.38. The first-order chi connectivity index (χ1) is 7.01. The van der Waals surface area contributed by atoms with Gasteiger partial charge in [-0.3, -0.25) is 4.79 Å². The van der Waals surface area contributed by atoms with Gasteiger partial charge in [-0.15, -0.1) is 0 Å². The zero-order valence-electron chi connectivity index (χ0n) is 8.91. The van der Waals surface area contributed by atoms with Crippen LogP contribution >= 0.6 is 0 Å². The fourth-order valence-corrected chi connectivity index (χ4v) is 1.79. The van der Waals surface area contributed by atoms with Crippen LogP contribution in [-0.2, 0) is 11.2 Å². The SMILES string of the molecule is Cc1ccc2c(c1)OCC(C)(C(=O)O)C2. The standard InChI is InChI=1S/C12H14O3/c1-8-3-4-9-6-12(2,11(13)14)7-15-10(9)5-8/h3-5H,6-7H2,1-2H3,(H,13,14). The molecule has 1 aromatic rings. The molecule has 0 spiro atoms. The predicted molar refractivity (Wildman–Crippen MR) is 56.1 cm³/mol. The molecule has 1 N–H and O–H groups in total. The Morgan fingerprint density at radius 3 is 2.93 bits per heavy atom. The summed E-state index contributed by atoms with van der Waals surface area (Å²) in [6, 6.07) is 5.89. The van der Waals surface area contributed by atoms with Gasteiger partial charge in [0.05, 0.1) is 0 Å². The van der Waals surface area contributed by atoms with Crippen molar-refractivity contribution in [2.75, 3.05) is 6.61 Å². The number of carboxylic acids is 1. The number of benzene rings is 1. The Balaban J connectivity index is 2.35. The molecule has 2 rings (SSSR count). The summed E-state index contributed by atoms with van der Waals surface area (Å²) in [7, 11) is 0. The highest BCUT2D eigenvalue weighted by molar-refractivity contribution is 5.75. The van der Waals surface area contributed by atoms with E-state index >= 15 is 0 Å². The summed E-state index contributed by atoms with van der Waals surface area (Å²) in [6.45, 7) is 3.96. The Kier molecular flexibility index (Phi) is 2.18. The van der Waals surface area contributed by atoms with Crippen LogP contribution in [0.1, 0.15) is 18.1 Å². The van der Waals surface area contributed by atoms with Crippen molar-refractivity contribution in [3.8, 4) is 5.75 Å². The lowest BCUT2D eigenvalue weighted by molar-refractivity contribution is -0.150. The maximum atomic E-state index is 11.1. The van der Waals surface area contributed by atoms with Gasteiger partial charge in [-0.2, -0.15) is 0 Å². The van der Waals surface area contributed by atoms with Crippen LogP contribution in [0.2, 0.25) is 0 Å². The molecule has 0 saturated heterocycles. The van der Waals surface area contributed by atoms with E-state index < -0.39 is 11.4 Å². The number of aryl methyl sites for hydroxylation is 1. The van der Waals surface area contributed by atoms with Crippen LogP contribution in [0.15, 0.2) is 18.2 Å². The van der Waals surface area contributed by atoms with Crippen molar-refractivity contribution < 1.29 is 14.6 Å². The normalized spacial score (nSPS) is 24.1. The third-order valence-electron chi connectivity index (χ3n) is 2.87. The average molecular weight is 206 g/mol. The molecule has 0 bridgehead atoms. The summed E-state index contributed by atoms with van der Waals surface area (Å²) in [5.41, 5.74) is 1.33. The minimum absolute atomic E-state index is 0.249. The fraction of sp³-hybridized carbons (Fsp3) is 0.417. The van der Waals surface area contributed by atoms with Gasteiger partial charge in [-0.05, 0) is 37.5 Å². The second kappa shape index (κ2) is 3.26. The van der Waals surface area contributed by atoms with E-state index in [9.17, 15) is 4.79 Å². The van der Waals surface area contributed by atoms with E-state index in [1.54, 1.807) is 6.92 Å². The molecule has 1 unspecified atom stereocenters. The van der Waals surface area contributed by atoms with Gasteiger partial charge >= 0.3 is 5.97 Å². The number of aliphatic carboxylic acids is 1. The molecule has 0 aliphatic carbocycles. The minimum Gasteiger partial charge on any atom is -0.492 e. The van der Waals surface area contributed by atoms with Crippen LogP contribution in [0, 0.1) is 12.3 Å². The minimum atomic E-state index is -0.797. The van der Waals surface area contributed by atoms with Crippen LogP contribution in [0.5, 0.6) is 5.75 Å². The smallest absolute Gasteiger partial charge is 0.313 e. The zero-order chi connectivity index (χ0) is 11.1. The zero-order valence-corrected chi connectivity index (χ0v) is 8.91. The van der Waals surface area contributed by atoms with Gasteiger partial charge in [-0.25, -0.2) is 0 Å². The summed E-state index contributed by atoms with van der Waals surface area (Å²) in [6.07, 6.45) is 0.540. The van der Waals surface area contributed by atoms with E-state index in [2.05, 4.69) is 0 Å². The molecule has 0 amide bonds. The van der Waals surface area contributed by atoms with Crippen molar-refractivity contribution in [2.24, 2.45) is 5.41 Å². The van der Waals surface area contributed by atoms with Crippen molar-refractivity contribution in [2.45, 2.75) is 20.3 Å². The van der Waals surface area contributed by atoms with Gasteiger partial charge in [0.1, 0.15) is 17.8 Å². The third-order valence-corrected chi connectivity index (χ3v) is 2.87. The van der Waals surface area contributed by atoms with Gasteiger partial charge in [0.15, 0.2) is 0 Å². The Labute approximate surface area is 88.7 Å². The van der Waals surface area contributed by atoms with Crippen LogP contribution in [0.4, 0.5) is 0 Å². The molecule has 0 aromatic heterocycles. The van der Waals surface area contributed by atoms with Crippen LogP contribution in [0.25, 0.3) is 0 Å². The van der Waals surface area contributed by atoms with Gasteiger partial charge < -0.3 is 9.84 Å². The summed E-state index contributed by atoms with van der Waals surface area (Å²) in [5.74, 6) is 0.0300. The topological polar surface area (TPSA) is 46.5 Å². The molecule has 0 fully saturated rings. The van der Waals surface area contributed by atoms with Crippen LogP contribution in [0.3, 0.4) is 0 Å². The molecular weight excluding hydrogens is 192 g/mol. The monoisotopic (exact) mass is 206 g/mol. The molecule has 80 valence electrons. The Hall–Kier alpha value is -1.51. The number of fused-ring (bicyclic) bond motifs is 1. The Bertz CT molecular complexity index is 411. The Morgan fingerprint density at radius 1 is 1.53 bits per heavy atom. The van der Waals surface area contributed by atoms with E-state index in [4.69, 9.17) is 9.84 Å². The average Bonchev–Trinajstić information content (AvgIpc) is 2.18. The van der Waals surface area contributed by atoms with E-state index in [0.29, 0.717) is 6.42 Å². The van der Waals surface area contributed by atoms with Crippen molar-refractivity contribution in [3.63, 3.8) is 0 Å².